The fourth-order valence-corrected chi connectivity index (χ4v) is 7.80. The second-order valence-corrected chi connectivity index (χ2v) is 13.4. The summed E-state index contributed by atoms with van der Waals surface area (Å²) in [6, 6.07) is 62.0. The minimum atomic E-state index is -0.135. The normalized spacial score (nSPS) is 13.0. The van der Waals surface area contributed by atoms with Crippen LogP contribution in [0.1, 0.15) is 30.5 Å². The van der Waals surface area contributed by atoms with Crippen molar-refractivity contribution in [3.8, 4) is 27.9 Å². The third-order valence-corrected chi connectivity index (χ3v) is 10.3. The number of nitrogens with zero attached hydrogens (tertiary/aromatic N) is 2. The lowest BCUT2D eigenvalue weighted by Crippen LogP contribution is -2.18. The van der Waals surface area contributed by atoms with E-state index in [-0.39, 0.29) is 5.41 Å². The molecule has 1 heterocycles. The van der Waals surface area contributed by atoms with Gasteiger partial charge in [-0.25, -0.2) is 0 Å². The second-order valence-electron chi connectivity index (χ2n) is 13.4. The van der Waals surface area contributed by atoms with Crippen LogP contribution in [-0.2, 0) is 12.0 Å². The van der Waals surface area contributed by atoms with E-state index in [0.29, 0.717) is 0 Å². The number of hydrogen-bond acceptors (Lipinski definition) is 1. The summed E-state index contributed by atoms with van der Waals surface area (Å²) >= 11 is 0. The minimum absolute atomic E-state index is 0.135. The Balaban J connectivity index is 1.09. The van der Waals surface area contributed by atoms with Crippen LogP contribution in [0.5, 0.6) is 0 Å². The summed E-state index contributed by atoms with van der Waals surface area (Å²) in [5.74, 6) is 0. The van der Waals surface area contributed by atoms with E-state index < -0.39 is 0 Å². The monoisotopic (exact) mass is 616 g/mol. The van der Waals surface area contributed by atoms with E-state index in [1.807, 2.05) is 0 Å². The fraction of sp³-hybridized carbons (Fsp3) is 0.0870. The molecule has 1 aliphatic rings. The molecule has 8 aromatic rings. The SMILES string of the molecule is CC1(C)c2cc(CN(c3ccccc3)c3ccc(-c4ccccc4)cc3)ccc2-c2ccc(-n3c4ccccc4c4ccccc43)cc21. The number of anilines is 2. The molecule has 0 amide bonds. The Kier molecular flexibility index (Phi) is 6.58. The number of rotatable bonds is 6. The molecular weight excluding hydrogens is 581 g/mol. The Morgan fingerprint density at radius 3 is 1.67 bits per heavy atom. The lowest BCUT2D eigenvalue weighted by molar-refractivity contribution is 0.658. The Morgan fingerprint density at radius 2 is 1.00 bits per heavy atom. The highest BCUT2D eigenvalue weighted by Gasteiger charge is 2.36. The van der Waals surface area contributed by atoms with Gasteiger partial charge in [0.25, 0.3) is 0 Å². The smallest absolute Gasteiger partial charge is 0.0541 e. The van der Waals surface area contributed by atoms with Crippen LogP contribution in [0.15, 0.2) is 170 Å². The van der Waals surface area contributed by atoms with Crippen molar-refractivity contribution in [2.24, 2.45) is 0 Å². The summed E-state index contributed by atoms with van der Waals surface area (Å²) in [5.41, 5.74) is 15.1. The molecule has 48 heavy (non-hydrogen) atoms. The molecule has 0 N–H and O–H groups in total. The largest absolute Gasteiger partial charge is 0.337 e. The van der Waals surface area contributed by atoms with E-state index in [0.717, 1.165) is 6.54 Å². The van der Waals surface area contributed by atoms with Gasteiger partial charge in [0.1, 0.15) is 0 Å². The van der Waals surface area contributed by atoms with Gasteiger partial charge in [0, 0.05) is 39.8 Å². The average molecular weight is 617 g/mol. The van der Waals surface area contributed by atoms with Gasteiger partial charge in [-0.2, -0.15) is 0 Å². The van der Waals surface area contributed by atoms with Crippen molar-refractivity contribution >= 4 is 33.2 Å². The standard InChI is InChI=1S/C46H36N2/c1-46(2)42-29-32(31-47(35-15-7-4-8-16-35)36-24-22-34(23-25-36)33-13-5-3-6-14-33)21-27-38(42)39-28-26-37(30-43(39)46)48-44-19-11-9-17-40(44)41-18-10-12-20-45(41)48/h3-30H,31H2,1-2H3. The van der Waals surface area contributed by atoms with E-state index in [2.05, 4.69) is 193 Å². The summed E-state index contributed by atoms with van der Waals surface area (Å²) < 4.78 is 2.43. The van der Waals surface area contributed by atoms with E-state index in [9.17, 15) is 0 Å². The van der Waals surface area contributed by atoms with Gasteiger partial charge in [-0.15, -0.1) is 0 Å². The maximum atomic E-state index is 2.45. The van der Waals surface area contributed by atoms with Crippen molar-refractivity contribution in [3.05, 3.63) is 187 Å². The van der Waals surface area contributed by atoms with E-state index in [1.54, 1.807) is 0 Å². The first-order chi connectivity index (χ1) is 23.6. The third-order valence-electron chi connectivity index (χ3n) is 10.3. The molecule has 230 valence electrons. The van der Waals surface area contributed by atoms with Crippen LogP contribution in [0, 0.1) is 0 Å². The topological polar surface area (TPSA) is 8.17 Å². The van der Waals surface area contributed by atoms with Gasteiger partial charge in [0.05, 0.1) is 11.0 Å². The molecule has 0 aliphatic heterocycles. The van der Waals surface area contributed by atoms with Gasteiger partial charge in [-0.1, -0.05) is 135 Å². The summed E-state index contributed by atoms with van der Waals surface area (Å²) in [6.07, 6.45) is 0. The van der Waals surface area contributed by atoms with Crippen LogP contribution in [-0.4, -0.2) is 4.57 Å². The molecule has 0 spiro atoms. The second kappa shape index (κ2) is 11.1. The van der Waals surface area contributed by atoms with Crippen LogP contribution < -0.4 is 4.90 Å². The van der Waals surface area contributed by atoms with E-state index in [4.69, 9.17) is 0 Å². The molecule has 0 fully saturated rings. The average Bonchev–Trinajstić information content (AvgIpc) is 3.59. The molecule has 2 nitrogen and oxygen atoms in total. The number of benzene rings is 7. The van der Waals surface area contributed by atoms with Crippen LogP contribution in [0.4, 0.5) is 11.4 Å². The molecule has 9 rings (SSSR count). The molecule has 0 bridgehead atoms. The van der Waals surface area contributed by atoms with Crippen LogP contribution in [0.3, 0.4) is 0 Å². The lowest BCUT2D eigenvalue weighted by Gasteiger charge is -2.27. The Labute approximate surface area is 282 Å². The summed E-state index contributed by atoms with van der Waals surface area (Å²) in [4.78, 5) is 2.42. The molecule has 0 atom stereocenters. The van der Waals surface area contributed by atoms with Crippen molar-refractivity contribution in [1.29, 1.82) is 0 Å². The first-order valence-corrected chi connectivity index (χ1v) is 16.8. The van der Waals surface area contributed by atoms with Gasteiger partial charge in [-0.3, -0.25) is 0 Å². The van der Waals surface area contributed by atoms with Crippen molar-refractivity contribution < 1.29 is 0 Å². The molecule has 0 unspecified atom stereocenters. The molecule has 0 radical (unpaired) electrons. The van der Waals surface area contributed by atoms with Crippen LogP contribution in [0.2, 0.25) is 0 Å². The van der Waals surface area contributed by atoms with Gasteiger partial charge >= 0.3 is 0 Å². The molecule has 1 aromatic heterocycles. The Bertz CT molecular complexity index is 2380. The maximum absolute atomic E-state index is 2.45. The number of aromatic nitrogens is 1. The van der Waals surface area contributed by atoms with Crippen molar-refractivity contribution in [1.82, 2.24) is 4.57 Å². The zero-order valence-electron chi connectivity index (χ0n) is 27.3. The van der Waals surface area contributed by atoms with Crippen molar-refractivity contribution in [3.63, 3.8) is 0 Å². The lowest BCUT2D eigenvalue weighted by atomic mass is 9.82. The van der Waals surface area contributed by atoms with Gasteiger partial charge < -0.3 is 9.47 Å². The predicted molar refractivity (Wildman–Crippen MR) is 203 cm³/mol. The van der Waals surface area contributed by atoms with Crippen LogP contribution in [0.25, 0.3) is 49.7 Å². The van der Waals surface area contributed by atoms with E-state index in [1.165, 1.54) is 77.8 Å². The first kappa shape index (κ1) is 28.4. The zero-order valence-corrected chi connectivity index (χ0v) is 27.3. The molecule has 0 saturated carbocycles. The quantitative estimate of drug-likeness (QED) is 0.180. The molecule has 0 saturated heterocycles. The zero-order chi connectivity index (χ0) is 32.2. The van der Waals surface area contributed by atoms with E-state index >= 15 is 0 Å². The maximum Gasteiger partial charge on any atom is 0.0541 e. The van der Waals surface area contributed by atoms with Gasteiger partial charge in [-0.05, 0) is 87.5 Å². The fourth-order valence-electron chi connectivity index (χ4n) is 7.80. The molecular formula is C46H36N2. The highest BCUT2D eigenvalue weighted by molar-refractivity contribution is 6.09. The molecule has 2 heteroatoms. The number of hydrogen-bond donors (Lipinski definition) is 0. The summed E-state index contributed by atoms with van der Waals surface area (Å²) in [5, 5.41) is 2.58. The third kappa shape index (κ3) is 4.56. The predicted octanol–water partition coefficient (Wildman–Crippen LogP) is 12.1. The van der Waals surface area contributed by atoms with Crippen LogP contribution >= 0.6 is 0 Å². The number of para-hydroxylation sites is 3. The van der Waals surface area contributed by atoms with Gasteiger partial charge in [0.2, 0.25) is 0 Å². The Morgan fingerprint density at radius 1 is 0.479 bits per heavy atom. The van der Waals surface area contributed by atoms with Gasteiger partial charge in [0.15, 0.2) is 0 Å². The summed E-state index contributed by atoms with van der Waals surface area (Å²) in [7, 11) is 0. The summed E-state index contributed by atoms with van der Waals surface area (Å²) in [6.45, 7) is 5.55. The van der Waals surface area contributed by atoms with Crippen molar-refractivity contribution in [2.45, 2.75) is 25.8 Å². The Hall–Kier alpha value is -5.86. The first-order valence-electron chi connectivity index (χ1n) is 16.8. The highest BCUT2D eigenvalue weighted by atomic mass is 15.1. The highest BCUT2D eigenvalue weighted by Crippen LogP contribution is 2.50. The van der Waals surface area contributed by atoms with Crippen molar-refractivity contribution in [2.75, 3.05) is 4.90 Å². The number of fused-ring (bicyclic) bond motifs is 6. The molecule has 1 aliphatic carbocycles. The molecule has 7 aromatic carbocycles. The minimum Gasteiger partial charge on any atom is -0.337 e.